The number of alkyl halides is 3. The average molecular weight is 463 g/mol. The highest BCUT2D eigenvalue weighted by Crippen LogP contribution is 2.40. The number of carbonyl (C=O) groups is 2. The van der Waals surface area contributed by atoms with Crippen molar-refractivity contribution in [1.29, 1.82) is 5.26 Å². The Balaban J connectivity index is 1.46. The minimum atomic E-state index is -4.64. The molecule has 33 heavy (non-hydrogen) atoms. The predicted octanol–water partition coefficient (Wildman–Crippen LogP) is 3.54. The first-order chi connectivity index (χ1) is 15.7. The van der Waals surface area contributed by atoms with Crippen LogP contribution in [0, 0.1) is 35.0 Å². The molecule has 1 aromatic rings. The van der Waals surface area contributed by atoms with Crippen LogP contribution < -0.4 is 10.6 Å². The van der Waals surface area contributed by atoms with E-state index in [0.717, 1.165) is 44.6 Å². The zero-order valence-electron chi connectivity index (χ0n) is 18.5. The maximum Gasteiger partial charge on any atom is 0.417 e. The monoisotopic (exact) mass is 462 g/mol. The SMILES string of the molecule is N#Cc1ccc(N2C[C@@H](C(N)=O)[C@H](C3CCN(C(=O)C4CCCC4)CC3)C2)cc1C(F)(F)F. The molecule has 6 nitrogen and oxygen atoms in total. The first kappa shape index (κ1) is 23.4. The molecule has 4 rings (SSSR count). The topological polar surface area (TPSA) is 90.4 Å². The van der Waals surface area contributed by atoms with Gasteiger partial charge in [-0.2, -0.15) is 18.4 Å². The maximum absolute atomic E-state index is 13.4. The van der Waals surface area contributed by atoms with Crippen LogP contribution in [0.3, 0.4) is 0 Å². The Morgan fingerprint density at radius 3 is 2.30 bits per heavy atom. The molecule has 1 aliphatic carbocycles. The van der Waals surface area contributed by atoms with E-state index in [0.29, 0.717) is 25.3 Å². The van der Waals surface area contributed by atoms with Crippen LogP contribution in [-0.2, 0) is 15.8 Å². The van der Waals surface area contributed by atoms with Crippen LogP contribution in [0.2, 0.25) is 0 Å². The molecular formula is C24H29F3N4O2. The number of nitrogens with zero attached hydrogens (tertiary/aromatic N) is 3. The Morgan fingerprint density at radius 2 is 1.73 bits per heavy atom. The van der Waals surface area contributed by atoms with Crippen molar-refractivity contribution in [2.24, 2.45) is 29.4 Å². The second-order valence-electron chi connectivity index (χ2n) is 9.56. The maximum atomic E-state index is 13.4. The fourth-order valence-electron chi connectivity index (χ4n) is 5.86. The summed E-state index contributed by atoms with van der Waals surface area (Å²) in [5.74, 6) is -0.422. The number of nitrogens with two attached hydrogens (primary N) is 1. The van der Waals surface area contributed by atoms with Gasteiger partial charge >= 0.3 is 6.18 Å². The van der Waals surface area contributed by atoms with Gasteiger partial charge in [-0.05, 0) is 55.7 Å². The third-order valence-electron chi connectivity index (χ3n) is 7.69. The molecule has 2 heterocycles. The summed E-state index contributed by atoms with van der Waals surface area (Å²) in [6, 6.07) is 5.26. The van der Waals surface area contributed by atoms with Crippen molar-refractivity contribution < 1.29 is 22.8 Å². The number of rotatable bonds is 4. The summed E-state index contributed by atoms with van der Waals surface area (Å²) in [6.45, 7) is 1.98. The van der Waals surface area contributed by atoms with Crippen LogP contribution >= 0.6 is 0 Å². The molecule has 1 saturated carbocycles. The standard InChI is InChI=1S/C24H29F3N4O2/c25-24(26,27)21-11-18(6-5-17(21)12-28)31-13-19(20(14-31)22(29)32)15-7-9-30(10-8-15)23(33)16-3-1-2-4-16/h5-6,11,15-16,19-20H,1-4,7-10,13-14H2,(H2,29,32)/t19-,20+/m0/s1. The Kier molecular flexibility index (Phi) is 6.55. The van der Waals surface area contributed by atoms with E-state index in [1.165, 1.54) is 12.1 Å². The first-order valence-corrected chi connectivity index (χ1v) is 11.6. The third kappa shape index (κ3) is 4.80. The highest BCUT2D eigenvalue weighted by Gasteiger charge is 2.43. The van der Waals surface area contributed by atoms with E-state index < -0.39 is 29.1 Å². The number of anilines is 1. The van der Waals surface area contributed by atoms with E-state index in [1.807, 2.05) is 4.90 Å². The Hall–Kier alpha value is -2.76. The van der Waals surface area contributed by atoms with E-state index >= 15 is 0 Å². The Bertz CT molecular complexity index is 944. The summed E-state index contributed by atoms with van der Waals surface area (Å²) in [5, 5.41) is 9.04. The van der Waals surface area contributed by atoms with Crippen LogP contribution in [-0.4, -0.2) is 42.9 Å². The third-order valence-corrected chi connectivity index (χ3v) is 7.69. The van der Waals surface area contributed by atoms with Gasteiger partial charge in [-0.15, -0.1) is 0 Å². The van der Waals surface area contributed by atoms with Gasteiger partial charge in [-0.3, -0.25) is 9.59 Å². The lowest BCUT2D eigenvalue weighted by atomic mass is 9.78. The van der Waals surface area contributed by atoms with Crippen molar-refractivity contribution in [2.45, 2.75) is 44.7 Å². The minimum absolute atomic E-state index is 0.0730. The van der Waals surface area contributed by atoms with E-state index in [-0.39, 0.29) is 30.2 Å². The normalized spacial score (nSPS) is 24.8. The minimum Gasteiger partial charge on any atom is -0.370 e. The lowest BCUT2D eigenvalue weighted by Gasteiger charge is -2.37. The molecule has 0 radical (unpaired) electrons. The van der Waals surface area contributed by atoms with Gasteiger partial charge in [0.1, 0.15) is 0 Å². The molecular weight excluding hydrogens is 433 g/mol. The summed E-state index contributed by atoms with van der Waals surface area (Å²) in [7, 11) is 0. The van der Waals surface area contributed by atoms with Crippen LogP contribution in [0.15, 0.2) is 18.2 Å². The van der Waals surface area contributed by atoms with Crippen LogP contribution in [0.4, 0.5) is 18.9 Å². The molecule has 0 aromatic heterocycles. The van der Waals surface area contributed by atoms with Crippen LogP contribution in [0.25, 0.3) is 0 Å². The zero-order valence-corrected chi connectivity index (χ0v) is 18.5. The van der Waals surface area contributed by atoms with Crippen LogP contribution in [0.5, 0.6) is 0 Å². The number of amides is 2. The molecule has 2 N–H and O–H groups in total. The van der Waals surface area contributed by atoms with Gasteiger partial charge in [-0.1, -0.05) is 12.8 Å². The number of primary amides is 1. The Morgan fingerprint density at radius 1 is 1.06 bits per heavy atom. The van der Waals surface area contributed by atoms with Crippen molar-refractivity contribution in [3.8, 4) is 6.07 Å². The molecule has 9 heteroatoms. The van der Waals surface area contributed by atoms with Gasteiger partial charge in [0.15, 0.2) is 0 Å². The number of hydrogen-bond acceptors (Lipinski definition) is 4. The lowest BCUT2D eigenvalue weighted by Crippen LogP contribution is -2.44. The largest absolute Gasteiger partial charge is 0.417 e. The number of piperidine rings is 1. The highest BCUT2D eigenvalue weighted by atomic mass is 19.4. The Labute approximate surface area is 191 Å². The quantitative estimate of drug-likeness (QED) is 0.741. The molecule has 0 spiro atoms. The van der Waals surface area contributed by atoms with Crippen molar-refractivity contribution in [3.63, 3.8) is 0 Å². The predicted molar refractivity (Wildman–Crippen MR) is 116 cm³/mol. The van der Waals surface area contributed by atoms with Gasteiger partial charge in [0.05, 0.1) is 23.1 Å². The lowest BCUT2D eigenvalue weighted by molar-refractivity contribution is -0.138. The van der Waals surface area contributed by atoms with Gasteiger partial charge in [0.25, 0.3) is 0 Å². The van der Waals surface area contributed by atoms with Gasteiger partial charge < -0.3 is 15.5 Å². The molecule has 2 amide bonds. The summed E-state index contributed by atoms with van der Waals surface area (Å²) in [6.07, 6.45) is 1.04. The molecule has 0 bridgehead atoms. The molecule has 3 fully saturated rings. The molecule has 2 atom stereocenters. The summed E-state index contributed by atoms with van der Waals surface area (Å²) in [5.41, 5.74) is 4.63. The van der Waals surface area contributed by atoms with Gasteiger partial charge in [0, 0.05) is 37.8 Å². The van der Waals surface area contributed by atoms with E-state index in [9.17, 15) is 22.8 Å². The van der Waals surface area contributed by atoms with Crippen molar-refractivity contribution in [1.82, 2.24) is 4.90 Å². The van der Waals surface area contributed by atoms with E-state index in [4.69, 9.17) is 11.0 Å². The van der Waals surface area contributed by atoms with Crippen LogP contribution in [0.1, 0.15) is 49.7 Å². The molecule has 2 saturated heterocycles. The average Bonchev–Trinajstić information content (AvgIpc) is 3.48. The summed E-state index contributed by atoms with van der Waals surface area (Å²) < 4.78 is 40.2. The molecule has 178 valence electrons. The second kappa shape index (κ2) is 9.24. The number of halogens is 3. The summed E-state index contributed by atoms with van der Waals surface area (Å²) >= 11 is 0. The first-order valence-electron chi connectivity index (χ1n) is 11.6. The number of likely N-dealkylation sites (tertiary alicyclic amines) is 1. The van der Waals surface area contributed by atoms with Crippen molar-refractivity contribution >= 4 is 17.5 Å². The van der Waals surface area contributed by atoms with Gasteiger partial charge in [0.2, 0.25) is 11.8 Å². The molecule has 3 aliphatic rings. The fourth-order valence-corrected chi connectivity index (χ4v) is 5.86. The number of nitriles is 1. The van der Waals surface area contributed by atoms with Crippen molar-refractivity contribution in [3.05, 3.63) is 29.3 Å². The second-order valence-corrected chi connectivity index (χ2v) is 9.56. The summed E-state index contributed by atoms with van der Waals surface area (Å²) in [4.78, 5) is 28.7. The zero-order chi connectivity index (χ0) is 23.8. The molecule has 1 aromatic carbocycles. The number of carbonyl (C=O) groups excluding carboxylic acids is 2. The number of hydrogen-bond donors (Lipinski definition) is 1. The highest BCUT2D eigenvalue weighted by molar-refractivity contribution is 5.80. The van der Waals surface area contributed by atoms with E-state index in [2.05, 4.69) is 0 Å². The van der Waals surface area contributed by atoms with Crippen molar-refractivity contribution in [2.75, 3.05) is 31.1 Å². The fraction of sp³-hybridized carbons (Fsp3) is 0.625. The number of benzene rings is 1. The van der Waals surface area contributed by atoms with Gasteiger partial charge in [-0.25, -0.2) is 0 Å². The van der Waals surface area contributed by atoms with E-state index in [1.54, 1.807) is 11.0 Å². The smallest absolute Gasteiger partial charge is 0.370 e. The molecule has 2 aliphatic heterocycles. The molecule has 0 unspecified atom stereocenters.